The quantitative estimate of drug-likeness (QED) is 0.270. The van der Waals surface area contributed by atoms with E-state index in [1.54, 1.807) is 24.3 Å². The van der Waals surface area contributed by atoms with E-state index in [2.05, 4.69) is 27.9 Å². The van der Waals surface area contributed by atoms with E-state index < -0.39 is 17.8 Å². The van der Waals surface area contributed by atoms with Gasteiger partial charge in [-0.15, -0.1) is 0 Å². The van der Waals surface area contributed by atoms with Crippen LogP contribution in [0.4, 0.5) is 10.5 Å². The molecule has 3 aromatic rings. The van der Waals surface area contributed by atoms with Crippen LogP contribution in [0.5, 0.6) is 5.75 Å². The molecule has 0 bridgehead atoms. The zero-order valence-corrected chi connectivity index (χ0v) is 20.3. The van der Waals surface area contributed by atoms with Gasteiger partial charge in [-0.3, -0.25) is 14.9 Å². The van der Waals surface area contributed by atoms with Crippen molar-refractivity contribution < 1.29 is 19.1 Å². The fraction of sp³-hybridized carbons (Fsp3) is 0.115. The van der Waals surface area contributed by atoms with Gasteiger partial charge >= 0.3 is 6.03 Å². The van der Waals surface area contributed by atoms with Crippen molar-refractivity contribution in [3.8, 4) is 5.75 Å². The molecule has 0 aromatic heterocycles. The molecule has 0 radical (unpaired) electrons. The van der Waals surface area contributed by atoms with Crippen LogP contribution in [-0.4, -0.2) is 17.8 Å². The summed E-state index contributed by atoms with van der Waals surface area (Å²) in [6, 6.07) is 19.7. The highest BCUT2D eigenvalue weighted by Gasteiger charge is 2.36. The fourth-order valence-electron chi connectivity index (χ4n) is 3.38. The maximum absolute atomic E-state index is 13.1. The van der Waals surface area contributed by atoms with Crippen molar-refractivity contribution in [3.05, 3.63) is 98.1 Å². The Hall–Kier alpha value is -3.46. The van der Waals surface area contributed by atoms with Crippen molar-refractivity contribution in [2.75, 3.05) is 4.90 Å². The van der Waals surface area contributed by atoms with E-state index in [1.165, 1.54) is 6.08 Å². The van der Waals surface area contributed by atoms with Gasteiger partial charge in [0.15, 0.2) is 0 Å². The number of amides is 4. The topological polar surface area (TPSA) is 75.7 Å². The summed E-state index contributed by atoms with van der Waals surface area (Å²) in [4.78, 5) is 39.0. The number of nitrogens with one attached hydrogen (secondary N) is 1. The maximum atomic E-state index is 13.1. The van der Waals surface area contributed by atoms with Gasteiger partial charge in [-0.25, -0.2) is 9.69 Å². The smallest absolute Gasteiger partial charge is 0.335 e. The Bertz CT molecular complexity index is 1280. The lowest BCUT2D eigenvalue weighted by atomic mass is 10.1. The summed E-state index contributed by atoms with van der Waals surface area (Å²) >= 11 is 2.15. The molecule has 1 aliphatic heterocycles. The number of barbiturate groups is 1. The van der Waals surface area contributed by atoms with Crippen molar-refractivity contribution >= 4 is 52.2 Å². The number of carbonyl (C=O) groups excluding carboxylic acids is 3. The number of imide groups is 2. The van der Waals surface area contributed by atoms with E-state index >= 15 is 0 Å². The monoisotopic (exact) mass is 552 g/mol. The molecular weight excluding hydrogens is 531 g/mol. The third kappa shape index (κ3) is 4.98. The molecule has 0 spiro atoms. The molecule has 1 aliphatic rings. The summed E-state index contributed by atoms with van der Waals surface area (Å²) in [7, 11) is 0. The summed E-state index contributed by atoms with van der Waals surface area (Å²) in [5.74, 6) is -0.677. The lowest BCUT2D eigenvalue weighted by Crippen LogP contribution is -2.54. The molecular formula is C26H21IN2O4. The van der Waals surface area contributed by atoms with Crippen LogP contribution in [0.25, 0.3) is 6.08 Å². The number of ether oxygens (including phenoxy) is 1. The highest BCUT2D eigenvalue weighted by atomic mass is 127. The number of rotatable bonds is 5. The molecule has 4 amide bonds. The van der Waals surface area contributed by atoms with Crippen LogP contribution >= 0.6 is 22.6 Å². The normalized spacial score (nSPS) is 15.1. The summed E-state index contributed by atoms with van der Waals surface area (Å²) in [6.45, 7) is 4.28. The lowest BCUT2D eigenvalue weighted by molar-refractivity contribution is -0.122. The van der Waals surface area contributed by atoms with Crippen LogP contribution in [0.15, 0.2) is 72.3 Å². The Morgan fingerprint density at radius 1 is 0.939 bits per heavy atom. The minimum atomic E-state index is -0.760. The third-order valence-corrected chi connectivity index (χ3v) is 6.20. The molecule has 1 N–H and O–H groups in total. The van der Waals surface area contributed by atoms with Gasteiger partial charge in [0.1, 0.15) is 17.9 Å². The Morgan fingerprint density at radius 2 is 1.70 bits per heavy atom. The van der Waals surface area contributed by atoms with E-state index in [0.29, 0.717) is 23.6 Å². The van der Waals surface area contributed by atoms with E-state index in [0.717, 1.165) is 25.2 Å². The third-order valence-electron chi connectivity index (χ3n) is 5.35. The summed E-state index contributed by atoms with van der Waals surface area (Å²) < 4.78 is 6.73. The van der Waals surface area contributed by atoms with Gasteiger partial charge in [-0.05, 0) is 89.0 Å². The van der Waals surface area contributed by atoms with Crippen LogP contribution in [0.3, 0.4) is 0 Å². The predicted molar refractivity (Wildman–Crippen MR) is 135 cm³/mol. The first-order valence-electron chi connectivity index (χ1n) is 10.3. The van der Waals surface area contributed by atoms with Gasteiger partial charge in [0.05, 0.1) is 9.26 Å². The van der Waals surface area contributed by atoms with Gasteiger partial charge in [0.25, 0.3) is 11.8 Å². The van der Waals surface area contributed by atoms with E-state index in [9.17, 15) is 14.4 Å². The molecule has 1 fully saturated rings. The molecule has 4 rings (SSSR count). The number of urea groups is 1. The number of carbonyl (C=O) groups is 3. The Labute approximate surface area is 205 Å². The molecule has 0 aliphatic carbocycles. The van der Waals surface area contributed by atoms with Gasteiger partial charge < -0.3 is 4.74 Å². The maximum Gasteiger partial charge on any atom is 0.335 e. The number of hydrogen-bond acceptors (Lipinski definition) is 4. The number of aryl methyl sites for hydroxylation is 2. The zero-order valence-electron chi connectivity index (χ0n) is 18.1. The molecule has 6 nitrogen and oxygen atoms in total. The number of nitrogens with zero attached hydrogens (tertiary/aromatic N) is 1. The fourth-order valence-corrected chi connectivity index (χ4v) is 4.08. The Kier molecular flexibility index (Phi) is 6.60. The molecule has 166 valence electrons. The predicted octanol–water partition coefficient (Wildman–Crippen LogP) is 5.15. The summed E-state index contributed by atoms with van der Waals surface area (Å²) in [6.07, 6.45) is 1.49. The van der Waals surface area contributed by atoms with Crippen molar-refractivity contribution in [1.82, 2.24) is 5.32 Å². The van der Waals surface area contributed by atoms with Crippen molar-refractivity contribution in [3.63, 3.8) is 0 Å². The largest absolute Gasteiger partial charge is 0.488 e. The van der Waals surface area contributed by atoms with Crippen LogP contribution in [0.1, 0.15) is 22.3 Å². The minimum Gasteiger partial charge on any atom is -0.488 e. The second-order valence-electron chi connectivity index (χ2n) is 7.69. The molecule has 7 heteroatoms. The molecule has 1 saturated heterocycles. The average molecular weight is 552 g/mol. The average Bonchev–Trinajstić information content (AvgIpc) is 2.79. The molecule has 0 saturated carbocycles. The second kappa shape index (κ2) is 9.58. The molecule has 0 unspecified atom stereocenters. The van der Waals surface area contributed by atoms with Crippen molar-refractivity contribution in [2.45, 2.75) is 20.5 Å². The SMILES string of the molecule is Cc1ccc(N2C(=O)NC(=O)/C(=C\c3ccc(OCc4ccccc4)c(I)c3)C2=O)cc1C. The molecule has 33 heavy (non-hydrogen) atoms. The van der Waals surface area contributed by atoms with Crippen LogP contribution in [0, 0.1) is 17.4 Å². The highest BCUT2D eigenvalue weighted by Crippen LogP contribution is 2.27. The van der Waals surface area contributed by atoms with Gasteiger partial charge in [0, 0.05) is 0 Å². The number of hydrogen-bond donors (Lipinski definition) is 1. The van der Waals surface area contributed by atoms with Crippen molar-refractivity contribution in [2.24, 2.45) is 0 Å². The standard InChI is InChI=1S/C26H21IN2O4/c1-16-8-10-20(12-17(16)2)29-25(31)21(24(30)28-26(29)32)13-19-9-11-23(22(27)14-19)33-15-18-6-4-3-5-7-18/h3-14H,15H2,1-2H3,(H,28,30,32)/b21-13+. The number of anilines is 1. The molecule has 1 heterocycles. The summed E-state index contributed by atoms with van der Waals surface area (Å²) in [5.41, 5.74) is 4.00. The van der Waals surface area contributed by atoms with E-state index in [1.807, 2.05) is 56.3 Å². The number of benzene rings is 3. The summed E-state index contributed by atoms with van der Waals surface area (Å²) in [5, 5.41) is 2.26. The first kappa shape index (κ1) is 22.7. The highest BCUT2D eigenvalue weighted by molar-refractivity contribution is 14.1. The van der Waals surface area contributed by atoms with Crippen LogP contribution in [0.2, 0.25) is 0 Å². The Balaban J connectivity index is 1.58. The van der Waals surface area contributed by atoms with Crippen molar-refractivity contribution in [1.29, 1.82) is 0 Å². The Morgan fingerprint density at radius 3 is 2.39 bits per heavy atom. The molecule has 3 aromatic carbocycles. The second-order valence-corrected chi connectivity index (χ2v) is 8.85. The van der Waals surface area contributed by atoms with E-state index in [-0.39, 0.29) is 5.57 Å². The number of halogens is 1. The first-order valence-corrected chi connectivity index (χ1v) is 11.4. The van der Waals surface area contributed by atoms with Gasteiger partial charge in [0.2, 0.25) is 0 Å². The van der Waals surface area contributed by atoms with Crippen LogP contribution < -0.4 is 15.0 Å². The van der Waals surface area contributed by atoms with Crippen LogP contribution in [-0.2, 0) is 16.2 Å². The van der Waals surface area contributed by atoms with Gasteiger partial charge in [-0.2, -0.15) is 0 Å². The van der Waals surface area contributed by atoms with E-state index in [4.69, 9.17) is 4.74 Å². The first-order chi connectivity index (χ1) is 15.8. The van der Waals surface area contributed by atoms with Gasteiger partial charge in [-0.1, -0.05) is 42.5 Å². The zero-order chi connectivity index (χ0) is 23.5. The molecule has 0 atom stereocenters. The minimum absolute atomic E-state index is 0.110. The lowest BCUT2D eigenvalue weighted by Gasteiger charge is -2.26.